The van der Waals surface area contributed by atoms with Gasteiger partial charge in [0.05, 0.1) is 25.7 Å². The molecule has 1 aliphatic heterocycles. The van der Waals surface area contributed by atoms with Crippen molar-refractivity contribution in [3.05, 3.63) is 54.4 Å². The van der Waals surface area contributed by atoms with E-state index in [2.05, 4.69) is 20.3 Å². The maximum atomic E-state index is 12.9. The average Bonchev–Trinajstić information content (AvgIpc) is 3.18. The number of ether oxygens (including phenoxy) is 2. The normalized spacial score (nSPS) is 14.2. The van der Waals surface area contributed by atoms with Gasteiger partial charge in [-0.3, -0.25) is 4.79 Å². The number of nitrogens with one attached hydrogen (secondary N) is 2. The van der Waals surface area contributed by atoms with Gasteiger partial charge in [0, 0.05) is 35.2 Å². The molecule has 5 rings (SSSR count). The number of hydrogen-bond acceptors (Lipinski definition) is 6. The molecule has 1 amide bonds. The fourth-order valence-corrected chi connectivity index (χ4v) is 3.71. The van der Waals surface area contributed by atoms with E-state index in [9.17, 15) is 4.79 Å². The number of anilines is 2. The van der Waals surface area contributed by atoms with Crippen molar-refractivity contribution in [2.75, 3.05) is 38.7 Å². The van der Waals surface area contributed by atoms with Gasteiger partial charge in [0.2, 0.25) is 0 Å². The summed E-state index contributed by atoms with van der Waals surface area (Å²) in [4.78, 5) is 26.9. The number of fused-ring (bicyclic) bond motifs is 3. The molecule has 2 aromatic heterocycles. The monoisotopic (exact) mass is 403 g/mol. The second-order valence-electron chi connectivity index (χ2n) is 7.09. The van der Waals surface area contributed by atoms with Gasteiger partial charge >= 0.3 is 0 Å². The summed E-state index contributed by atoms with van der Waals surface area (Å²) in [6.07, 6.45) is 1.52. The Balaban J connectivity index is 1.55. The Morgan fingerprint density at radius 2 is 1.93 bits per heavy atom. The lowest BCUT2D eigenvalue weighted by Crippen LogP contribution is -2.40. The molecule has 4 aromatic rings. The summed E-state index contributed by atoms with van der Waals surface area (Å²) in [7, 11) is 1.64. The van der Waals surface area contributed by atoms with Crippen LogP contribution in [0.1, 0.15) is 10.4 Å². The smallest absolute Gasteiger partial charge is 0.254 e. The molecular weight excluding hydrogens is 382 g/mol. The fourth-order valence-electron chi connectivity index (χ4n) is 3.71. The minimum absolute atomic E-state index is 0.0102. The number of methoxy groups -OCH3 is 1. The molecule has 0 unspecified atom stereocenters. The first-order chi connectivity index (χ1) is 14.7. The van der Waals surface area contributed by atoms with Crippen LogP contribution < -0.4 is 10.1 Å². The zero-order valence-corrected chi connectivity index (χ0v) is 16.5. The Morgan fingerprint density at radius 3 is 2.70 bits per heavy atom. The van der Waals surface area contributed by atoms with Crippen LogP contribution in [-0.2, 0) is 4.74 Å². The van der Waals surface area contributed by atoms with E-state index in [1.807, 2.05) is 47.4 Å². The first kappa shape index (κ1) is 18.4. The number of hydrogen-bond donors (Lipinski definition) is 2. The van der Waals surface area contributed by atoms with Crippen molar-refractivity contribution in [3.8, 4) is 5.75 Å². The maximum absolute atomic E-state index is 12.9. The summed E-state index contributed by atoms with van der Waals surface area (Å²) in [5.74, 6) is 1.47. The van der Waals surface area contributed by atoms with E-state index in [0.717, 1.165) is 27.7 Å². The lowest BCUT2D eigenvalue weighted by molar-refractivity contribution is 0.0303. The molecule has 1 saturated heterocycles. The van der Waals surface area contributed by atoms with Crippen LogP contribution in [0.3, 0.4) is 0 Å². The second-order valence-corrected chi connectivity index (χ2v) is 7.09. The number of H-pyrrole nitrogens is 1. The van der Waals surface area contributed by atoms with Crippen LogP contribution in [0.15, 0.2) is 48.8 Å². The molecule has 30 heavy (non-hydrogen) atoms. The van der Waals surface area contributed by atoms with Gasteiger partial charge in [0.25, 0.3) is 5.91 Å². The highest BCUT2D eigenvalue weighted by molar-refractivity contribution is 6.13. The molecule has 2 aromatic carbocycles. The number of rotatable bonds is 4. The number of morpholine rings is 1. The molecule has 8 nitrogen and oxygen atoms in total. The quantitative estimate of drug-likeness (QED) is 0.543. The molecule has 0 atom stereocenters. The molecule has 0 radical (unpaired) electrons. The standard InChI is InChI=1S/C22H21N5O3/c1-29-16-5-3-15(4-6-16)25-20-19-17-12-14(22(28)27-8-10-30-11-9-27)2-7-18(17)26-21(19)24-13-23-20/h2-7,12-13H,8-11H2,1H3,(H2,23,24,25,26). The summed E-state index contributed by atoms with van der Waals surface area (Å²) in [5, 5.41) is 5.10. The number of carbonyl (C=O) groups is 1. The SMILES string of the molecule is COc1ccc(Nc2ncnc3[nH]c4ccc(C(=O)N5CCOCC5)cc4c23)cc1. The van der Waals surface area contributed by atoms with Crippen molar-refractivity contribution in [2.24, 2.45) is 0 Å². The van der Waals surface area contributed by atoms with Crippen LogP contribution in [0, 0.1) is 0 Å². The minimum Gasteiger partial charge on any atom is -0.497 e. The van der Waals surface area contributed by atoms with Gasteiger partial charge in [-0.1, -0.05) is 0 Å². The molecule has 152 valence electrons. The molecule has 8 heteroatoms. The predicted octanol–water partition coefficient (Wildman–Crippen LogP) is 3.34. The number of carbonyl (C=O) groups excluding carboxylic acids is 1. The van der Waals surface area contributed by atoms with Gasteiger partial charge in [-0.2, -0.15) is 0 Å². The summed E-state index contributed by atoms with van der Waals surface area (Å²) < 4.78 is 10.6. The van der Waals surface area contributed by atoms with Crippen molar-refractivity contribution >= 4 is 39.3 Å². The average molecular weight is 403 g/mol. The van der Waals surface area contributed by atoms with E-state index in [0.29, 0.717) is 43.3 Å². The summed E-state index contributed by atoms with van der Waals surface area (Å²) in [5.41, 5.74) is 3.14. The first-order valence-electron chi connectivity index (χ1n) is 9.77. The zero-order chi connectivity index (χ0) is 20.5. The Bertz CT molecular complexity index is 1210. The van der Waals surface area contributed by atoms with E-state index in [-0.39, 0.29) is 5.91 Å². The summed E-state index contributed by atoms with van der Waals surface area (Å²) in [6.45, 7) is 2.37. The third-order valence-electron chi connectivity index (χ3n) is 5.29. The Hall–Kier alpha value is -3.65. The molecule has 0 aliphatic carbocycles. The van der Waals surface area contributed by atoms with Gasteiger partial charge < -0.3 is 24.7 Å². The molecule has 1 aliphatic rings. The molecule has 2 N–H and O–H groups in total. The van der Waals surface area contributed by atoms with Crippen LogP contribution in [0.5, 0.6) is 5.75 Å². The van der Waals surface area contributed by atoms with E-state index in [1.165, 1.54) is 6.33 Å². The lowest BCUT2D eigenvalue weighted by atomic mass is 10.1. The van der Waals surface area contributed by atoms with Crippen LogP contribution >= 0.6 is 0 Å². The molecule has 0 spiro atoms. The van der Waals surface area contributed by atoms with E-state index in [4.69, 9.17) is 9.47 Å². The maximum Gasteiger partial charge on any atom is 0.254 e. The van der Waals surface area contributed by atoms with E-state index < -0.39 is 0 Å². The topological polar surface area (TPSA) is 92.4 Å². The Labute approximate surface area is 172 Å². The highest BCUT2D eigenvalue weighted by atomic mass is 16.5. The van der Waals surface area contributed by atoms with Gasteiger partial charge in [-0.15, -0.1) is 0 Å². The highest BCUT2D eigenvalue weighted by Crippen LogP contribution is 2.32. The van der Waals surface area contributed by atoms with Crippen LogP contribution in [0.2, 0.25) is 0 Å². The van der Waals surface area contributed by atoms with Crippen LogP contribution in [-0.4, -0.2) is 59.2 Å². The van der Waals surface area contributed by atoms with Crippen LogP contribution in [0.4, 0.5) is 11.5 Å². The zero-order valence-electron chi connectivity index (χ0n) is 16.5. The minimum atomic E-state index is 0.0102. The molecule has 1 fully saturated rings. The van der Waals surface area contributed by atoms with Gasteiger partial charge in [0.15, 0.2) is 0 Å². The van der Waals surface area contributed by atoms with E-state index >= 15 is 0 Å². The number of aromatic amines is 1. The third-order valence-corrected chi connectivity index (χ3v) is 5.29. The molecule has 0 saturated carbocycles. The van der Waals surface area contributed by atoms with Gasteiger partial charge in [-0.25, -0.2) is 9.97 Å². The van der Waals surface area contributed by atoms with Crippen molar-refractivity contribution < 1.29 is 14.3 Å². The lowest BCUT2D eigenvalue weighted by Gasteiger charge is -2.26. The fraction of sp³-hybridized carbons (Fsp3) is 0.227. The van der Waals surface area contributed by atoms with Crippen molar-refractivity contribution in [3.63, 3.8) is 0 Å². The predicted molar refractivity (Wildman–Crippen MR) is 114 cm³/mol. The number of aromatic nitrogens is 3. The molecule has 3 heterocycles. The Kier molecular flexibility index (Phi) is 4.68. The first-order valence-corrected chi connectivity index (χ1v) is 9.77. The molecular formula is C22H21N5O3. The number of amides is 1. The van der Waals surface area contributed by atoms with Crippen LogP contribution in [0.25, 0.3) is 21.9 Å². The number of nitrogens with zero attached hydrogens (tertiary/aromatic N) is 3. The van der Waals surface area contributed by atoms with Crippen molar-refractivity contribution in [1.82, 2.24) is 19.9 Å². The van der Waals surface area contributed by atoms with Gasteiger partial charge in [0.1, 0.15) is 23.5 Å². The summed E-state index contributed by atoms with van der Waals surface area (Å²) in [6, 6.07) is 13.3. The third kappa shape index (κ3) is 3.31. The largest absolute Gasteiger partial charge is 0.497 e. The summed E-state index contributed by atoms with van der Waals surface area (Å²) >= 11 is 0. The highest BCUT2D eigenvalue weighted by Gasteiger charge is 2.20. The Morgan fingerprint density at radius 1 is 1.13 bits per heavy atom. The van der Waals surface area contributed by atoms with Gasteiger partial charge in [-0.05, 0) is 42.5 Å². The number of benzene rings is 2. The van der Waals surface area contributed by atoms with E-state index in [1.54, 1.807) is 7.11 Å². The molecule has 0 bridgehead atoms. The van der Waals surface area contributed by atoms with Crippen molar-refractivity contribution in [1.29, 1.82) is 0 Å². The van der Waals surface area contributed by atoms with Crippen molar-refractivity contribution in [2.45, 2.75) is 0 Å². The second kappa shape index (κ2) is 7.64.